The van der Waals surface area contributed by atoms with Gasteiger partial charge in [0.2, 0.25) is 10.0 Å². The number of anilines is 2. The van der Waals surface area contributed by atoms with Gasteiger partial charge in [-0.3, -0.25) is 10.2 Å². The Bertz CT molecular complexity index is 1050. The lowest BCUT2D eigenvalue weighted by molar-refractivity contribution is -0.110. The van der Waals surface area contributed by atoms with Gasteiger partial charge in [0.05, 0.1) is 11.4 Å². The number of nitrogens with two attached hydrogens (primary N) is 1. The van der Waals surface area contributed by atoms with E-state index in [1.165, 1.54) is 36.4 Å². The highest BCUT2D eigenvalue weighted by atomic mass is 32.2. The maximum Gasteiger partial charge on any atom is 0.276 e. The second-order valence-electron chi connectivity index (χ2n) is 5.21. The second-order valence-corrected chi connectivity index (χ2v) is 7.15. The third kappa shape index (κ3) is 3.69. The van der Waals surface area contributed by atoms with Gasteiger partial charge in [0.1, 0.15) is 10.7 Å². The quantitative estimate of drug-likeness (QED) is 0.457. The number of rotatable bonds is 3. The number of nitrogens with zero attached hydrogens (tertiary/aromatic N) is 1. The van der Waals surface area contributed by atoms with Crippen molar-refractivity contribution in [1.29, 1.82) is 0 Å². The number of nitrogens with one attached hydrogen (secondary N) is 3. The number of hydrazone groups is 1. The van der Waals surface area contributed by atoms with Crippen molar-refractivity contribution < 1.29 is 17.6 Å². The molecule has 1 aliphatic heterocycles. The highest BCUT2D eigenvalue weighted by Gasteiger charge is 2.26. The summed E-state index contributed by atoms with van der Waals surface area (Å²) in [5.74, 6) is -1.01. The average molecular weight is 393 g/mol. The summed E-state index contributed by atoms with van der Waals surface area (Å²) < 4.78 is 36.4. The number of amides is 1. The molecule has 26 heavy (non-hydrogen) atoms. The maximum absolute atomic E-state index is 13.2. The molecule has 0 aromatic heterocycles. The minimum atomic E-state index is -3.95. The summed E-state index contributed by atoms with van der Waals surface area (Å²) >= 11 is 5.05. The molecule has 0 aliphatic carbocycles. The van der Waals surface area contributed by atoms with Crippen LogP contribution in [0.3, 0.4) is 0 Å². The van der Waals surface area contributed by atoms with Crippen molar-refractivity contribution in [2.45, 2.75) is 4.90 Å². The fourth-order valence-electron chi connectivity index (χ4n) is 2.32. The molecule has 1 heterocycles. The predicted molar refractivity (Wildman–Crippen MR) is 98.7 cm³/mol. The van der Waals surface area contributed by atoms with Crippen molar-refractivity contribution in [3.63, 3.8) is 0 Å². The summed E-state index contributed by atoms with van der Waals surface area (Å²) in [7, 11) is -3.95. The van der Waals surface area contributed by atoms with Crippen LogP contribution in [0.15, 0.2) is 52.5 Å². The Kier molecular flexibility index (Phi) is 4.68. The number of benzene rings is 2. The molecule has 1 amide bonds. The number of para-hydroxylation sites is 1. The number of hydrogen-bond acceptors (Lipinski definition) is 5. The Morgan fingerprint density at radius 3 is 2.69 bits per heavy atom. The van der Waals surface area contributed by atoms with Crippen molar-refractivity contribution in [3.05, 3.63) is 53.8 Å². The first kappa shape index (κ1) is 17.9. The lowest BCUT2D eigenvalue weighted by atomic mass is 10.1. The van der Waals surface area contributed by atoms with Crippen molar-refractivity contribution in [2.75, 3.05) is 10.6 Å². The van der Waals surface area contributed by atoms with Crippen LogP contribution in [0.2, 0.25) is 0 Å². The van der Waals surface area contributed by atoms with E-state index in [2.05, 4.69) is 21.2 Å². The van der Waals surface area contributed by atoms with Gasteiger partial charge in [0.25, 0.3) is 5.91 Å². The molecule has 0 fully saturated rings. The summed E-state index contributed by atoms with van der Waals surface area (Å²) in [5, 5.41) is 14.1. The Hall–Kier alpha value is -2.89. The third-order valence-corrected chi connectivity index (χ3v) is 4.57. The number of carbonyl (C=O) groups excluding carboxylic acids is 1. The van der Waals surface area contributed by atoms with Gasteiger partial charge >= 0.3 is 0 Å². The number of hydrogen-bond donors (Lipinski definition) is 4. The molecule has 0 saturated heterocycles. The molecule has 3 rings (SSSR count). The van der Waals surface area contributed by atoms with E-state index in [9.17, 15) is 17.6 Å². The molecule has 134 valence electrons. The summed E-state index contributed by atoms with van der Waals surface area (Å²) in [6, 6.07) is 9.70. The van der Waals surface area contributed by atoms with Crippen LogP contribution in [0.25, 0.3) is 0 Å². The van der Waals surface area contributed by atoms with Gasteiger partial charge in [-0.2, -0.15) is 5.10 Å². The first-order chi connectivity index (χ1) is 12.3. The monoisotopic (exact) mass is 393 g/mol. The SMILES string of the molecule is NS(=O)(=O)c1ccccc1NC(=S)NN=C1C(=O)Nc2cc(F)ccc21. The molecule has 5 N–H and O–H groups in total. The van der Waals surface area contributed by atoms with E-state index < -0.39 is 21.7 Å². The summed E-state index contributed by atoms with van der Waals surface area (Å²) in [6.07, 6.45) is 0. The van der Waals surface area contributed by atoms with Gasteiger partial charge in [0, 0.05) is 5.56 Å². The standard InChI is InChI=1S/C15H12FN5O3S2/c16-8-5-6-9-11(7-8)18-14(22)13(9)20-21-15(25)19-10-3-1-2-4-12(10)26(17,23)24/h1-7H,(H2,17,23,24)(H,18,20,22)(H2,19,21,25). The maximum atomic E-state index is 13.2. The minimum absolute atomic E-state index is 0.0175. The zero-order valence-electron chi connectivity index (χ0n) is 13.0. The Morgan fingerprint density at radius 1 is 1.23 bits per heavy atom. The van der Waals surface area contributed by atoms with E-state index in [-0.39, 0.29) is 21.4 Å². The summed E-state index contributed by atoms with van der Waals surface area (Å²) in [5.41, 5.74) is 3.35. The van der Waals surface area contributed by atoms with Crippen molar-refractivity contribution in [1.82, 2.24) is 5.43 Å². The van der Waals surface area contributed by atoms with Crippen LogP contribution in [-0.2, 0) is 14.8 Å². The largest absolute Gasteiger partial charge is 0.330 e. The minimum Gasteiger partial charge on any atom is -0.330 e. The molecule has 0 spiro atoms. The lowest BCUT2D eigenvalue weighted by Gasteiger charge is -2.11. The highest BCUT2D eigenvalue weighted by molar-refractivity contribution is 7.89. The van der Waals surface area contributed by atoms with Gasteiger partial charge in [-0.15, -0.1) is 0 Å². The van der Waals surface area contributed by atoms with E-state index >= 15 is 0 Å². The Labute approximate surface area is 153 Å². The fraction of sp³-hybridized carbons (Fsp3) is 0. The molecule has 2 aromatic rings. The van der Waals surface area contributed by atoms with E-state index in [1.54, 1.807) is 6.07 Å². The van der Waals surface area contributed by atoms with Crippen LogP contribution in [0.4, 0.5) is 15.8 Å². The van der Waals surface area contributed by atoms with Gasteiger partial charge in [-0.25, -0.2) is 17.9 Å². The van der Waals surface area contributed by atoms with Crippen molar-refractivity contribution >= 4 is 50.3 Å². The van der Waals surface area contributed by atoms with Crippen LogP contribution < -0.4 is 21.2 Å². The fourth-order valence-corrected chi connectivity index (χ4v) is 3.17. The van der Waals surface area contributed by atoms with Gasteiger partial charge in [0.15, 0.2) is 10.8 Å². The average Bonchev–Trinajstić information content (AvgIpc) is 2.86. The predicted octanol–water partition coefficient (Wildman–Crippen LogP) is 1.12. The van der Waals surface area contributed by atoms with Gasteiger partial charge in [-0.05, 0) is 42.5 Å². The molecule has 8 nitrogen and oxygen atoms in total. The van der Waals surface area contributed by atoms with Gasteiger partial charge in [-0.1, -0.05) is 12.1 Å². The van der Waals surface area contributed by atoms with E-state index in [0.29, 0.717) is 11.3 Å². The normalized spacial score (nSPS) is 14.7. The zero-order valence-corrected chi connectivity index (χ0v) is 14.6. The molecule has 0 atom stereocenters. The van der Waals surface area contributed by atoms with Gasteiger partial charge < -0.3 is 10.6 Å². The Morgan fingerprint density at radius 2 is 1.96 bits per heavy atom. The number of primary sulfonamides is 1. The molecule has 0 unspecified atom stereocenters. The number of thiocarbonyl (C=S) groups is 1. The van der Waals surface area contributed by atoms with Crippen molar-refractivity contribution in [3.8, 4) is 0 Å². The molecule has 11 heteroatoms. The summed E-state index contributed by atoms with van der Waals surface area (Å²) in [6.45, 7) is 0. The number of halogens is 1. The van der Waals surface area contributed by atoms with Crippen LogP contribution in [-0.4, -0.2) is 25.1 Å². The lowest BCUT2D eigenvalue weighted by Crippen LogP contribution is -2.28. The first-order valence-electron chi connectivity index (χ1n) is 7.13. The smallest absolute Gasteiger partial charge is 0.276 e. The van der Waals surface area contributed by atoms with E-state index in [4.69, 9.17) is 17.4 Å². The van der Waals surface area contributed by atoms with Crippen LogP contribution in [0, 0.1) is 5.82 Å². The van der Waals surface area contributed by atoms with E-state index in [1.807, 2.05) is 0 Å². The molecule has 0 bridgehead atoms. The molecular weight excluding hydrogens is 381 g/mol. The third-order valence-electron chi connectivity index (χ3n) is 3.41. The topological polar surface area (TPSA) is 126 Å². The molecule has 0 radical (unpaired) electrons. The number of fused-ring (bicyclic) bond motifs is 1. The molecule has 2 aromatic carbocycles. The molecule has 1 aliphatic rings. The highest BCUT2D eigenvalue weighted by Crippen LogP contribution is 2.24. The van der Waals surface area contributed by atoms with Crippen LogP contribution in [0.5, 0.6) is 0 Å². The molecular formula is C15H12FN5O3S2. The first-order valence-corrected chi connectivity index (χ1v) is 9.09. The van der Waals surface area contributed by atoms with Crippen molar-refractivity contribution in [2.24, 2.45) is 10.2 Å². The summed E-state index contributed by atoms with van der Waals surface area (Å²) in [4.78, 5) is 11.8. The zero-order chi connectivity index (χ0) is 18.9. The Balaban J connectivity index is 1.79. The number of sulfonamides is 1. The second kappa shape index (κ2) is 6.78. The number of carbonyl (C=O) groups is 1. The van der Waals surface area contributed by atoms with Crippen LogP contribution in [0.1, 0.15) is 5.56 Å². The van der Waals surface area contributed by atoms with E-state index in [0.717, 1.165) is 0 Å². The molecule has 0 saturated carbocycles. The van der Waals surface area contributed by atoms with Crippen LogP contribution >= 0.6 is 12.2 Å².